The van der Waals surface area contributed by atoms with Crippen LogP contribution in [0.5, 0.6) is 11.9 Å². The van der Waals surface area contributed by atoms with Crippen molar-refractivity contribution in [3.63, 3.8) is 0 Å². The van der Waals surface area contributed by atoms with Crippen molar-refractivity contribution in [2.24, 2.45) is 0 Å². The SMILES string of the molecule is Cc1csc(NC(=O)c2cc(OCCc3ccsc3)nc(OC(C)C)n2)n1. The lowest BCUT2D eigenvalue weighted by atomic mass is 10.3. The summed E-state index contributed by atoms with van der Waals surface area (Å²) in [6.07, 6.45) is 0.636. The van der Waals surface area contributed by atoms with Gasteiger partial charge in [0, 0.05) is 17.9 Å². The average molecular weight is 405 g/mol. The van der Waals surface area contributed by atoms with Gasteiger partial charge in [0.05, 0.1) is 18.4 Å². The van der Waals surface area contributed by atoms with Gasteiger partial charge in [-0.3, -0.25) is 10.1 Å². The van der Waals surface area contributed by atoms with Crippen LogP contribution >= 0.6 is 22.7 Å². The van der Waals surface area contributed by atoms with E-state index in [0.29, 0.717) is 17.6 Å². The number of hydrogen-bond acceptors (Lipinski definition) is 8. The zero-order valence-electron chi connectivity index (χ0n) is 15.3. The number of hydrogen-bond donors (Lipinski definition) is 1. The van der Waals surface area contributed by atoms with E-state index < -0.39 is 0 Å². The molecule has 9 heteroatoms. The number of rotatable bonds is 8. The van der Waals surface area contributed by atoms with Gasteiger partial charge in [0.15, 0.2) is 5.13 Å². The molecule has 0 saturated heterocycles. The maximum absolute atomic E-state index is 12.5. The third kappa shape index (κ3) is 5.73. The topological polar surface area (TPSA) is 86.2 Å². The van der Waals surface area contributed by atoms with E-state index in [0.717, 1.165) is 12.1 Å². The monoisotopic (exact) mass is 404 g/mol. The van der Waals surface area contributed by atoms with Crippen molar-refractivity contribution in [1.82, 2.24) is 15.0 Å². The van der Waals surface area contributed by atoms with Gasteiger partial charge < -0.3 is 9.47 Å². The van der Waals surface area contributed by atoms with Gasteiger partial charge >= 0.3 is 6.01 Å². The number of carbonyl (C=O) groups excluding carboxylic acids is 1. The lowest BCUT2D eigenvalue weighted by Crippen LogP contribution is -2.17. The highest BCUT2D eigenvalue weighted by molar-refractivity contribution is 7.14. The molecule has 0 fully saturated rings. The molecule has 3 aromatic heterocycles. The molecule has 3 rings (SSSR count). The maximum atomic E-state index is 12.5. The molecule has 142 valence electrons. The van der Waals surface area contributed by atoms with E-state index in [1.165, 1.54) is 23.0 Å². The van der Waals surface area contributed by atoms with Gasteiger partial charge in [0.2, 0.25) is 5.88 Å². The van der Waals surface area contributed by atoms with Gasteiger partial charge in [-0.05, 0) is 43.2 Å². The highest BCUT2D eigenvalue weighted by Gasteiger charge is 2.16. The van der Waals surface area contributed by atoms with Crippen LogP contribution in [0, 0.1) is 6.92 Å². The molecule has 0 bridgehead atoms. The van der Waals surface area contributed by atoms with Crippen molar-refractivity contribution in [2.75, 3.05) is 11.9 Å². The summed E-state index contributed by atoms with van der Waals surface area (Å²) in [7, 11) is 0. The number of aromatic nitrogens is 3. The van der Waals surface area contributed by atoms with E-state index in [1.807, 2.05) is 31.5 Å². The third-order valence-electron chi connectivity index (χ3n) is 3.32. The van der Waals surface area contributed by atoms with Crippen LogP contribution in [-0.2, 0) is 6.42 Å². The first-order chi connectivity index (χ1) is 13.0. The van der Waals surface area contributed by atoms with E-state index in [2.05, 4.69) is 31.7 Å². The van der Waals surface area contributed by atoms with Crippen LogP contribution in [0.15, 0.2) is 28.3 Å². The predicted octanol–water partition coefficient (Wildman–Crippen LogP) is 3.96. The van der Waals surface area contributed by atoms with Crippen LogP contribution in [0.1, 0.15) is 35.6 Å². The molecule has 27 heavy (non-hydrogen) atoms. The fourth-order valence-electron chi connectivity index (χ4n) is 2.14. The Hall–Kier alpha value is -2.52. The zero-order chi connectivity index (χ0) is 19.2. The molecule has 0 aliphatic heterocycles. The van der Waals surface area contributed by atoms with Gasteiger partial charge in [0.25, 0.3) is 5.91 Å². The van der Waals surface area contributed by atoms with Gasteiger partial charge in [0.1, 0.15) is 5.69 Å². The molecular formula is C18H20N4O3S2. The van der Waals surface area contributed by atoms with Crippen LogP contribution in [0.25, 0.3) is 0 Å². The minimum absolute atomic E-state index is 0.110. The first kappa shape index (κ1) is 19.2. The molecule has 1 amide bonds. The Morgan fingerprint density at radius 1 is 1.26 bits per heavy atom. The van der Waals surface area contributed by atoms with Crippen LogP contribution in [0.4, 0.5) is 5.13 Å². The summed E-state index contributed by atoms with van der Waals surface area (Å²) in [5, 5.41) is 9.21. The molecule has 0 aromatic carbocycles. The number of amides is 1. The molecule has 0 unspecified atom stereocenters. The van der Waals surface area contributed by atoms with Gasteiger partial charge in [-0.15, -0.1) is 11.3 Å². The average Bonchev–Trinajstić information content (AvgIpc) is 3.26. The number of nitrogens with one attached hydrogen (secondary N) is 1. The van der Waals surface area contributed by atoms with Crippen molar-refractivity contribution in [1.29, 1.82) is 0 Å². The van der Waals surface area contributed by atoms with Crippen molar-refractivity contribution in [2.45, 2.75) is 33.3 Å². The van der Waals surface area contributed by atoms with Crippen LogP contribution < -0.4 is 14.8 Å². The number of ether oxygens (including phenoxy) is 2. The second-order valence-corrected chi connectivity index (χ2v) is 7.66. The van der Waals surface area contributed by atoms with E-state index in [-0.39, 0.29) is 23.7 Å². The number of nitrogens with zero attached hydrogens (tertiary/aromatic N) is 3. The van der Waals surface area contributed by atoms with Gasteiger partial charge in [-0.1, -0.05) is 0 Å². The molecule has 7 nitrogen and oxygen atoms in total. The predicted molar refractivity (Wildman–Crippen MR) is 106 cm³/mol. The summed E-state index contributed by atoms with van der Waals surface area (Å²) in [6.45, 7) is 6.05. The summed E-state index contributed by atoms with van der Waals surface area (Å²) < 4.78 is 11.3. The molecule has 3 aromatic rings. The molecule has 0 aliphatic carbocycles. The normalized spacial score (nSPS) is 10.8. The third-order valence-corrected chi connectivity index (χ3v) is 4.92. The summed E-state index contributed by atoms with van der Waals surface area (Å²) in [4.78, 5) is 25.2. The number of thiazole rings is 1. The number of anilines is 1. The number of thiophene rings is 1. The first-order valence-electron chi connectivity index (χ1n) is 8.42. The molecule has 0 saturated carbocycles. The van der Waals surface area contributed by atoms with Crippen LogP contribution in [0.2, 0.25) is 0 Å². The number of carbonyl (C=O) groups is 1. The number of aryl methyl sites for hydroxylation is 1. The van der Waals surface area contributed by atoms with Crippen molar-refractivity contribution in [3.05, 3.63) is 45.2 Å². The lowest BCUT2D eigenvalue weighted by molar-refractivity contribution is 0.101. The summed E-state index contributed by atoms with van der Waals surface area (Å²) in [5.41, 5.74) is 2.21. The van der Waals surface area contributed by atoms with E-state index in [9.17, 15) is 4.79 Å². The van der Waals surface area contributed by atoms with Gasteiger partial charge in [-0.2, -0.15) is 21.3 Å². The second kappa shape index (κ2) is 8.92. The fraction of sp³-hybridized carbons (Fsp3) is 0.333. The molecule has 1 N–H and O–H groups in total. The zero-order valence-corrected chi connectivity index (χ0v) is 16.9. The maximum Gasteiger partial charge on any atom is 0.320 e. The minimum Gasteiger partial charge on any atom is -0.477 e. The molecule has 0 spiro atoms. The van der Waals surface area contributed by atoms with Crippen molar-refractivity contribution in [3.8, 4) is 11.9 Å². The van der Waals surface area contributed by atoms with E-state index in [4.69, 9.17) is 9.47 Å². The smallest absolute Gasteiger partial charge is 0.320 e. The summed E-state index contributed by atoms with van der Waals surface area (Å²) in [6, 6.07) is 3.67. The Bertz CT molecular complexity index is 894. The highest BCUT2D eigenvalue weighted by atomic mass is 32.1. The first-order valence-corrected chi connectivity index (χ1v) is 10.2. The summed E-state index contributed by atoms with van der Waals surface area (Å²) >= 11 is 3.00. The molecular weight excluding hydrogens is 384 g/mol. The largest absolute Gasteiger partial charge is 0.477 e. The minimum atomic E-state index is -0.386. The second-order valence-electron chi connectivity index (χ2n) is 6.02. The molecule has 0 radical (unpaired) electrons. The highest BCUT2D eigenvalue weighted by Crippen LogP contribution is 2.19. The van der Waals surface area contributed by atoms with E-state index >= 15 is 0 Å². The van der Waals surface area contributed by atoms with Gasteiger partial charge in [-0.25, -0.2) is 4.98 Å². The molecule has 3 heterocycles. The van der Waals surface area contributed by atoms with E-state index in [1.54, 1.807) is 11.3 Å². The van der Waals surface area contributed by atoms with Crippen molar-refractivity contribution < 1.29 is 14.3 Å². The Labute approximate surface area is 165 Å². The lowest BCUT2D eigenvalue weighted by Gasteiger charge is -2.11. The van der Waals surface area contributed by atoms with Crippen LogP contribution in [0.3, 0.4) is 0 Å². The Morgan fingerprint density at radius 3 is 2.78 bits per heavy atom. The summed E-state index contributed by atoms with van der Waals surface area (Å²) in [5.74, 6) is -0.0839. The standard InChI is InChI=1S/C18H20N4O3S2/c1-11(2)25-17-20-14(16(23)22-18-19-12(3)9-27-18)8-15(21-17)24-6-4-13-5-7-26-10-13/h5,7-11H,4,6H2,1-3H3,(H,19,22,23). The Balaban J connectivity index is 1.73. The Kier molecular flexibility index (Phi) is 6.36. The molecule has 0 atom stereocenters. The fourth-order valence-corrected chi connectivity index (χ4v) is 3.52. The Morgan fingerprint density at radius 2 is 2.11 bits per heavy atom. The van der Waals surface area contributed by atoms with Crippen LogP contribution in [-0.4, -0.2) is 33.6 Å². The van der Waals surface area contributed by atoms with Crippen molar-refractivity contribution >= 4 is 33.7 Å². The molecule has 0 aliphatic rings. The quantitative estimate of drug-likeness (QED) is 0.611.